The summed E-state index contributed by atoms with van der Waals surface area (Å²) in [5.41, 5.74) is -0.737. The monoisotopic (exact) mass is 661 g/mol. The smallest absolute Gasteiger partial charge is 0.411 e. The molecule has 0 spiro atoms. The number of nitrogens with zero attached hydrogens (tertiary/aromatic N) is 3. The zero-order valence-electron chi connectivity index (χ0n) is 27.9. The van der Waals surface area contributed by atoms with Gasteiger partial charge in [-0.05, 0) is 59.9 Å². The number of piperazine rings is 1. The van der Waals surface area contributed by atoms with Gasteiger partial charge in [0, 0.05) is 32.1 Å². The van der Waals surface area contributed by atoms with Crippen molar-refractivity contribution < 1.29 is 48.5 Å². The lowest BCUT2D eigenvalue weighted by Gasteiger charge is -2.42. The van der Waals surface area contributed by atoms with E-state index < -0.39 is 77.9 Å². The maximum atomic E-state index is 14.0. The molecule has 15 nitrogen and oxygen atoms in total. The highest BCUT2D eigenvalue weighted by atomic mass is 16.6. The third kappa shape index (κ3) is 11.1. The fraction of sp³-hybridized carbons (Fsp3) is 0.625. The average molecular weight is 662 g/mol. The molecule has 0 radical (unpaired) electrons. The molecule has 5 amide bonds. The highest BCUT2D eigenvalue weighted by Gasteiger charge is 2.47. The first kappa shape index (κ1) is 37.1. The largest absolute Gasteiger partial charge is 0.480 e. The molecular formula is C32H47N5O10. The molecule has 0 bridgehead atoms. The quantitative estimate of drug-likeness (QED) is 0.298. The van der Waals surface area contributed by atoms with Gasteiger partial charge >= 0.3 is 18.2 Å². The predicted molar refractivity (Wildman–Crippen MR) is 168 cm³/mol. The van der Waals surface area contributed by atoms with Gasteiger partial charge in [-0.15, -0.1) is 0 Å². The van der Waals surface area contributed by atoms with E-state index in [0.29, 0.717) is 6.42 Å². The summed E-state index contributed by atoms with van der Waals surface area (Å²) in [6.45, 7) is 9.02. The SMILES string of the molecule is CC(C)(C)OC(=O)NCC(=O)N1CCN(C(=O)OC(C)(C)C)C(C(=O)N2C[C@H](NC(=O)[C@H](O)CCc3ccccc3)C[C@H]2C(=O)O)C1. The number of carbonyl (C=O) groups is 6. The second-order valence-electron chi connectivity index (χ2n) is 13.7. The molecule has 4 atom stereocenters. The van der Waals surface area contributed by atoms with Gasteiger partial charge in [-0.1, -0.05) is 30.3 Å². The Morgan fingerprint density at radius 1 is 0.894 bits per heavy atom. The normalized spacial score (nSPS) is 20.7. The van der Waals surface area contributed by atoms with Crippen LogP contribution in [0.15, 0.2) is 30.3 Å². The van der Waals surface area contributed by atoms with E-state index >= 15 is 0 Å². The van der Waals surface area contributed by atoms with Crippen LogP contribution in [0.4, 0.5) is 9.59 Å². The Morgan fingerprint density at radius 3 is 2.13 bits per heavy atom. The van der Waals surface area contributed by atoms with Gasteiger partial charge in [0.1, 0.15) is 35.9 Å². The number of aliphatic carboxylic acids is 1. The molecule has 2 saturated heterocycles. The average Bonchev–Trinajstić information content (AvgIpc) is 3.40. The maximum Gasteiger partial charge on any atom is 0.411 e. The van der Waals surface area contributed by atoms with Crippen molar-refractivity contribution in [1.82, 2.24) is 25.3 Å². The molecule has 2 fully saturated rings. The highest BCUT2D eigenvalue weighted by molar-refractivity contribution is 5.92. The van der Waals surface area contributed by atoms with Crippen molar-refractivity contribution >= 4 is 35.9 Å². The number of benzene rings is 1. The van der Waals surface area contributed by atoms with E-state index in [9.17, 15) is 39.0 Å². The Labute approximate surface area is 274 Å². The number of nitrogens with one attached hydrogen (secondary N) is 2. The number of amides is 5. The third-order valence-corrected chi connectivity index (χ3v) is 7.50. The number of rotatable bonds is 9. The van der Waals surface area contributed by atoms with Gasteiger partial charge < -0.3 is 40.1 Å². The molecule has 2 aliphatic rings. The van der Waals surface area contributed by atoms with E-state index in [1.165, 1.54) is 4.90 Å². The van der Waals surface area contributed by atoms with Gasteiger partial charge in [-0.25, -0.2) is 14.4 Å². The number of aliphatic hydroxyl groups excluding tert-OH is 1. The van der Waals surface area contributed by atoms with Gasteiger partial charge in [0.05, 0.1) is 6.54 Å². The molecule has 3 rings (SSSR count). The number of ether oxygens (including phenoxy) is 2. The summed E-state index contributed by atoms with van der Waals surface area (Å²) in [4.78, 5) is 80.9. The van der Waals surface area contributed by atoms with Crippen LogP contribution >= 0.6 is 0 Å². The van der Waals surface area contributed by atoms with E-state index in [1.807, 2.05) is 30.3 Å². The Morgan fingerprint density at radius 2 is 1.53 bits per heavy atom. The Balaban J connectivity index is 1.73. The van der Waals surface area contributed by atoms with Crippen molar-refractivity contribution in [2.45, 2.75) is 96.2 Å². The lowest BCUT2D eigenvalue weighted by Crippen LogP contribution is -2.64. The summed E-state index contributed by atoms with van der Waals surface area (Å²) in [7, 11) is 0. The number of carboxylic acids is 1. The van der Waals surface area contributed by atoms with Crippen LogP contribution < -0.4 is 10.6 Å². The number of aliphatic hydroxyl groups is 1. The van der Waals surface area contributed by atoms with E-state index in [0.717, 1.165) is 15.4 Å². The molecule has 1 aromatic rings. The summed E-state index contributed by atoms with van der Waals surface area (Å²) in [5.74, 6) is -3.29. The van der Waals surface area contributed by atoms with Crippen LogP contribution in [0.25, 0.3) is 0 Å². The molecule has 0 aliphatic carbocycles. The first-order valence-corrected chi connectivity index (χ1v) is 15.6. The van der Waals surface area contributed by atoms with Crippen molar-refractivity contribution in [3.05, 3.63) is 35.9 Å². The summed E-state index contributed by atoms with van der Waals surface area (Å²) in [6.07, 6.45) is -2.49. The maximum absolute atomic E-state index is 14.0. The molecule has 47 heavy (non-hydrogen) atoms. The first-order valence-electron chi connectivity index (χ1n) is 15.6. The first-order chi connectivity index (χ1) is 21.8. The van der Waals surface area contributed by atoms with Crippen molar-refractivity contribution in [2.24, 2.45) is 0 Å². The lowest BCUT2D eigenvalue weighted by atomic mass is 10.1. The second kappa shape index (κ2) is 15.5. The zero-order valence-corrected chi connectivity index (χ0v) is 27.9. The Bertz CT molecular complexity index is 1310. The van der Waals surface area contributed by atoms with Crippen molar-refractivity contribution in [3.8, 4) is 0 Å². The van der Waals surface area contributed by atoms with Crippen LogP contribution in [0.3, 0.4) is 0 Å². The van der Waals surface area contributed by atoms with Crippen LogP contribution in [0, 0.1) is 0 Å². The van der Waals surface area contributed by atoms with Crippen LogP contribution in [-0.4, -0.2) is 129 Å². The fourth-order valence-corrected chi connectivity index (χ4v) is 5.32. The molecule has 260 valence electrons. The number of alkyl carbamates (subject to hydrolysis) is 1. The van der Waals surface area contributed by atoms with Crippen LogP contribution in [-0.2, 0) is 35.1 Å². The minimum Gasteiger partial charge on any atom is -0.480 e. The minimum atomic E-state index is -1.35. The topological polar surface area (TPSA) is 195 Å². The van der Waals surface area contributed by atoms with Crippen molar-refractivity contribution in [1.29, 1.82) is 0 Å². The Hall–Kier alpha value is -4.40. The number of hydrogen-bond acceptors (Lipinski definition) is 9. The second-order valence-corrected chi connectivity index (χ2v) is 13.7. The summed E-state index contributed by atoms with van der Waals surface area (Å²) in [5, 5.41) is 25.5. The fourth-order valence-electron chi connectivity index (χ4n) is 5.32. The van der Waals surface area contributed by atoms with Gasteiger partial charge in [0.2, 0.25) is 17.7 Å². The van der Waals surface area contributed by atoms with Crippen LogP contribution in [0.1, 0.15) is 59.9 Å². The van der Waals surface area contributed by atoms with Gasteiger partial charge in [0.25, 0.3) is 0 Å². The number of likely N-dealkylation sites (tertiary alicyclic amines) is 1. The minimum absolute atomic E-state index is 0.0275. The summed E-state index contributed by atoms with van der Waals surface area (Å²) < 4.78 is 10.7. The molecule has 1 unspecified atom stereocenters. The molecule has 15 heteroatoms. The third-order valence-electron chi connectivity index (χ3n) is 7.50. The van der Waals surface area contributed by atoms with Crippen molar-refractivity contribution in [3.63, 3.8) is 0 Å². The molecular weight excluding hydrogens is 614 g/mol. The Kier molecular flexibility index (Phi) is 12.2. The standard InChI is InChI=1S/C32H47N5O10/c1-31(2,3)46-29(44)33-17-25(39)35-14-15-36(30(45)47-32(4,5)6)23(19-35)27(41)37-18-21(16-22(37)28(42)43)34-26(40)24(38)13-12-20-10-8-7-9-11-20/h7-11,21-24,38H,12-19H2,1-6H3,(H,33,44)(H,34,40)(H,42,43)/t21-,22+,23?,24-/m1/s1. The van der Waals surface area contributed by atoms with E-state index in [2.05, 4.69) is 10.6 Å². The van der Waals surface area contributed by atoms with Gasteiger partial charge in [-0.2, -0.15) is 0 Å². The van der Waals surface area contributed by atoms with Gasteiger partial charge in [0.15, 0.2) is 0 Å². The summed E-state index contributed by atoms with van der Waals surface area (Å²) >= 11 is 0. The number of carboxylic acid groups (broad SMARTS) is 1. The molecule has 0 aromatic heterocycles. The van der Waals surface area contributed by atoms with Crippen LogP contribution in [0.5, 0.6) is 0 Å². The number of hydrogen-bond donors (Lipinski definition) is 4. The molecule has 2 aliphatic heterocycles. The molecule has 4 N–H and O–H groups in total. The van der Waals surface area contributed by atoms with Gasteiger partial charge in [-0.3, -0.25) is 19.3 Å². The lowest BCUT2D eigenvalue weighted by molar-refractivity contribution is -0.152. The van der Waals surface area contributed by atoms with Crippen LogP contribution in [0.2, 0.25) is 0 Å². The molecule has 0 saturated carbocycles. The highest BCUT2D eigenvalue weighted by Crippen LogP contribution is 2.24. The van der Waals surface area contributed by atoms with E-state index in [1.54, 1.807) is 41.5 Å². The van der Waals surface area contributed by atoms with E-state index in [-0.39, 0.29) is 39.0 Å². The zero-order chi connectivity index (χ0) is 35.1. The van der Waals surface area contributed by atoms with Crippen molar-refractivity contribution in [2.75, 3.05) is 32.7 Å². The summed E-state index contributed by atoms with van der Waals surface area (Å²) in [6, 6.07) is 5.88. The van der Waals surface area contributed by atoms with E-state index in [4.69, 9.17) is 9.47 Å². The molecule has 1 aromatic carbocycles. The molecule has 2 heterocycles. The number of aryl methyl sites for hydroxylation is 1. The predicted octanol–water partition coefficient (Wildman–Crippen LogP) is 1.12. The number of carbonyl (C=O) groups excluding carboxylic acids is 5.